The normalized spacial score (nSPS) is 16.3. The molecule has 1 fully saturated rings. The van der Waals surface area contributed by atoms with Crippen molar-refractivity contribution >= 4 is 23.6 Å². The number of nitrogens with one attached hydrogen (secondary N) is 1. The van der Waals surface area contributed by atoms with Crippen LogP contribution >= 0.6 is 11.8 Å². The second kappa shape index (κ2) is 5.78. The summed E-state index contributed by atoms with van der Waals surface area (Å²) in [5.74, 6) is -3.05. The van der Waals surface area contributed by atoms with Crippen LogP contribution in [-0.4, -0.2) is 28.3 Å². The van der Waals surface area contributed by atoms with Gasteiger partial charge in [-0.2, -0.15) is 0 Å². The van der Waals surface area contributed by atoms with Gasteiger partial charge in [-0.05, 0) is 31.4 Å². The topological polar surface area (TPSA) is 66.4 Å². The number of benzene rings is 1. The van der Waals surface area contributed by atoms with E-state index < -0.39 is 29.0 Å². The molecule has 0 aromatic heterocycles. The third-order valence-corrected chi connectivity index (χ3v) is 4.30. The lowest BCUT2D eigenvalue weighted by Gasteiger charge is -2.38. The van der Waals surface area contributed by atoms with Gasteiger partial charge in [-0.25, -0.2) is 13.6 Å². The summed E-state index contributed by atoms with van der Waals surface area (Å²) in [4.78, 5) is 22.9. The molecule has 20 heavy (non-hydrogen) atoms. The van der Waals surface area contributed by atoms with Crippen LogP contribution in [-0.2, 0) is 9.59 Å². The highest BCUT2D eigenvalue weighted by atomic mass is 32.2. The van der Waals surface area contributed by atoms with Crippen molar-refractivity contribution in [3.63, 3.8) is 0 Å². The molecule has 0 atom stereocenters. The summed E-state index contributed by atoms with van der Waals surface area (Å²) in [5, 5.41) is 11.5. The standard InChI is InChI=1S/C13H13F2NO3S/c14-8-2-3-10(9(15)6-8)20-7-11(17)16-13(12(18)19)4-1-5-13/h2-3,6H,1,4-5,7H2,(H,16,17)(H,18,19). The molecule has 0 aliphatic heterocycles. The van der Waals surface area contributed by atoms with Gasteiger partial charge in [0.1, 0.15) is 17.2 Å². The lowest BCUT2D eigenvalue weighted by molar-refractivity contribution is -0.151. The highest BCUT2D eigenvalue weighted by Crippen LogP contribution is 2.32. The molecule has 0 saturated heterocycles. The molecule has 0 unspecified atom stereocenters. The maximum atomic E-state index is 13.4. The number of carbonyl (C=O) groups is 2. The minimum Gasteiger partial charge on any atom is -0.480 e. The first kappa shape index (κ1) is 14.8. The van der Waals surface area contributed by atoms with Gasteiger partial charge in [0, 0.05) is 11.0 Å². The van der Waals surface area contributed by atoms with Crippen LogP contribution in [0.3, 0.4) is 0 Å². The van der Waals surface area contributed by atoms with Crippen LogP contribution in [0.5, 0.6) is 0 Å². The zero-order chi connectivity index (χ0) is 14.8. The van der Waals surface area contributed by atoms with Gasteiger partial charge in [-0.15, -0.1) is 11.8 Å². The van der Waals surface area contributed by atoms with Crippen molar-refractivity contribution in [2.45, 2.75) is 29.7 Å². The zero-order valence-electron chi connectivity index (χ0n) is 10.5. The predicted octanol–water partition coefficient (Wildman–Crippen LogP) is 2.18. The average molecular weight is 301 g/mol. The van der Waals surface area contributed by atoms with Crippen LogP contribution in [0.15, 0.2) is 23.1 Å². The number of carboxylic acid groups (broad SMARTS) is 1. The number of thioether (sulfide) groups is 1. The predicted molar refractivity (Wildman–Crippen MR) is 69.4 cm³/mol. The molecule has 7 heteroatoms. The summed E-state index contributed by atoms with van der Waals surface area (Å²) in [5.41, 5.74) is -1.17. The van der Waals surface area contributed by atoms with Gasteiger partial charge in [0.25, 0.3) is 0 Å². The molecule has 0 radical (unpaired) electrons. The van der Waals surface area contributed by atoms with E-state index in [-0.39, 0.29) is 10.6 Å². The molecule has 1 amide bonds. The molecule has 4 nitrogen and oxygen atoms in total. The zero-order valence-corrected chi connectivity index (χ0v) is 11.3. The highest BCUT2D eigenvalue weighted by molar-refractivity contribution is 8.00. The Morgan fingerprint density at radius 2 is 2.05 bits per heavy atom. The van der Waals surface area contributed by atoms with Gasteiger partial charge in [0.15, 0.2) is 0 Å². The minimum atomic E-state index is -1.17. The van der Waals surface area contributed by atoms with E-state index in [0.717, 1.165) is 30.3 Å². The Balaban J connectivity index is 1.91. The van der Waals surface area contributed by atoms with Crippen LogP contribution in [0.1, 0.15) is 19.3 Å². The number of hydrogen-bond acceptors (Lipinski definition) is 3. The number of rotatable bonds is 5. The molecule has 2 rings (SSSR count). The molecule has 1 aliphatic rings. The van der Waals surface area contributed by atoms with E-state index in [2.05, 4.69) is 5.32 Å². The SMILES string of the molecule is O=C(CSc1ccc(F)cc1F)NC1(C(=O)O)CCC1. The Bertz CT molecular complexity index is 546. The summed E-state index contributed by atoms with van der Waals surface area (Å²) in [6, 6.07) is 3.10. The molecule has 1 aliphatic carbocycles. The Hall–Kier alpha value is -1.63. The largest absolute Gasteiger partial charge is 0.480 e. The molecule has 0 bridgehead atoms. The van der Waals surface area contributed by atoms with E-state index >= 15 is 0 Å². The Kier molecular flexibility index (Phi) is 4.27. The summed E-state index contributed by atoms with van der Waals surface area (Å²) >= 11 is 0.904. The van der Waals surface area contributed by atoms with Gasteiger partial charge in [-0.1, -0.05) is 0 Å². The van der Waals surface area contributed by atoms with Crippen molar-refractivity contribution in [2.75, 3.05) is 5.75 Å². The smallest absolute Gasteiger partial charge is 0.329 e. The van der Waals surface area contributed by atoms with E-state index in [9.17, 15) is 18.4 Å². The fourth-order valence-electron chi connectivity index (χ4n) is 1.96. The van der Waals surface area contributed by atoms with Crippen LogP contribution in [0, 0.1) is 11.6 Å². The maximum absolute atomic E-state index is 13.4. The molecule has 1 aromatic carbocycles. The lowest BCUT2D eigenvalue weighted by Crippen LogP contribution is -2.59. The van der Waals surface area contributed by atoms with Crippen molar-refractivity contribution in [1.82, 2.24) is 5.32 Å². The van der Waals surface area contributed by atoms with E-state index in [1.807, 2.05) is 0 Å². The van der Waals surface area contributed by atoms with Crippen LogP contribution < -0.4 is 5.32 Å². The molecule has 108 valence electrons. The molecule has 1 aromatic rings. The van der Waals surface area contributed by atoms with Crippen molar-refractivity contribution in [2.24, 2.45) is 0 Å². The quantitative estimate of drug-likeness (QED) is 0.818. The maximum Gasteiger partial charge on any atom is 0.329 e. The van der Waals surface area contributed by atoms with E-state index in [1.165, 1.54) is 6.07 Å². The molecule has 0 spiro atoms. The van der Waals surface area contributed by atoms with Gasteiger partial charge in [0.05, 0.1) is 5.75 Å². The first-order valence-electron chi connectivity index (χ1n) is 6.05. The number of halogens is 2. The van der Waals surface area contributed by atoms with E-state index in [0.29, 0.717) is 12.8 Å². The first-order valence-corrected chi connectivity index (χ1v) is 7.04. The molecule has 2 N–H and O–H groups in total. The van der Waals surface area contributed by atoms with Gasteiger partial charge >= 0.3 is 5.97 Å². The van der Waals surface area contributed by atoms with Crippen molar-refractivity contribution in [3.05, 3.63) is 29.8 Å². The van der Waals surface area contributed by atoms with Crippen molar-refractivity contribution < 1.29 is 23.5 Å². The van der Waals surface area contributed by atoms with Crippen molar-refractivity contribution in [1.29, 1.82) is 0 Å². The van der Waals surface area contributed by atoms with E-state index in [1.54, 1.807) is 0 Å². The van der Waals surface area contributed by atoms with Crippen LogP contribution in [0.4, 0.5) is 8.78 Å². The Morgan fingerprint density at radius 1 is 1.35 bits per heavy atom. The fourth-order valence-corrected chi connectivity index (χ4v) is 2.68. The first-order chi connectivity index (χ1) is 9.43. The van der Waals surface area contributed by atoms with Gasteiger partial charge < -0.3 is 10.4 Å². The molecular formula is C13H13F2NO3S. The van der Waals surface area contributed by atoms with Crippen LogP contribution in [0.2, 0.25) is 0 Å². The summed E-state index contributed by atoms with van der Waals surface area (Å²) in [6.45, 7) is 0. The van der Waals surface area contributed by atoms with Crippen LogP contribution in [0.25, 0.3) is 0 Å². The second-order valence-corrected chi connectivity index (χ2v) is 5.67. The highest BCUT2D eigenvalue weighted by Gasteiger charge is 2.45. The molecular weight excluding hydrogens is 288 g/mol. The monoisotopic (exact) mass is 301 g/mol. The number of hydrogen-bond donors (Lipinski definition) is 2. The van der Waals surface area contributed by atoms with E-state index in [4.69, 9.17) is 5.11 Å². The number of amides is 1. The lowest BCUT2D eigenvalue weighted by atomic mass is 9.77. The number of carbonyl (C=O) groups excluding carboxylic acids is 1. The third kappa shape index (κ3) is 3.09. The Labute approximate surface area is 118 Å². The number of carboxylic acids is 1. The molecule has 1 saturated carbocycles. The summed E-state index contributed by atoms with van der Waals surface area (Å²) < 4.78 is 26.1. The third-order valence-electron chi connectivity index (χ3n) is 3.25. The number of aliphatic carboxylic acids is 1. The summed E-state index contributed by atoms with van der Waals surface area (Å²) in [6.07, 6.45) is 1.57. The fraction of sp³-hybridized carbons (Fsp3) is 0.385. The van der Waals surface area contributed by atoms with Gasteiger partial charge in [0.2, 0.25) is 5.91 Å². The molecule has 0 heterocycles. The van der Waals surface area contributed by atoms with Gasteiger partial charge in [-0.3, -0.25) is 4.79 Å². The Morgan fingerprint density at radius 3 is 2.55 bits per heavy atom. The second-order valence-electron chi connectivity index (χ2n) is 4.65. The summed E-state index contributed by atoms with van der Waals surface area (Å²) in [7, 11) is 0. The minimum absolute atomic E-state index is 0.114. The average Bonchev–Trinajstić information content (AvgIpc) is 2.32. The van der Waals surface area contributed by atoms with Crippen molar-refractivity contribution in [3.8, 4) is 0 Å².